The Morgan fingerprint density at radius 2 is 1.88 bits per heavy atom. The summed E-state index contributed by atoms with van der Waals surface area (Å²) in [5, 5.41) is 0.680. The van der Waals surface area contributed by atoms with Gasteiger partial charge in [-0.3, -0.25) is 14.3 Å². The highest BCUT2D eigenvalue weighted by Crippen LogP contribution is 2.10. The molecule has 0 aliphatic carbocycles. The number of nitrogens with zero attached hydrogens (tertiary/aromatic N) is 3. The van der Waals surface area contributed by atoms with E-state index in [0.29, 0.717) is 11.9 Å². The van der Waals surface area contributed by atoms with Crippen molar-refractivity contribution in [3.05, 3.63) is 40.4 Å². The highest BCUT2D eigenvalue weighted by Gasteiger charge is 2.10. The Bertz CT molecular complexity index is 807. The number of fused-ring (bicyclic) bond motifs is 1. The largest absolute Gasteiger partial charge is 0.292 e. The lowest BCUT2D eigenvalue weighted by molar-refractivity contribution is 0.383. The van der Waals surface area contributed by atoms with Gasteiger partial charge in [0.15, 0.2) is 0 Å². The molecule has 2 aromatic rings. The van der Waals surface area contributed by atoms with Gasteiger partial charge in [-0.1, -0.05) is 37.3 Å². The van der Waals surface area contributed by atoms with Gasteiger partial charge in [-0.15, -0.1) is 0 Å². The van der Waals surface area contributed by atoms with Crippen molar-refractivity contribution in [1.82, 2.24) is 14.5 Å². The molecule has 3 rings (SSSR count). The van der Waals surface area contributed by atoms with Gasteiger partial charge in [0.05, 0.1) is 24.0 Å². The van der Waals surface area contributed by atoms with Crippen LogP contribution in [-0.4, -0.2) is 34.1 Å². The first-order valence-corrected chi connectivity index (χ1v) is 8.96. The predicted octanol–water partition coefficient (Wildman–Crippen LogP) is 2.84. The van der Waals surface area contributed by atoms with Crippen LogP contribution in [0, 0.1) is 11.8 Å². The van der Waals surface area contributed by atoms with Gasteiger partial charge < -0.3 is 0 Å². The first kappa shape index (κ1) is 16.7. The first-order valence-electron chi connectivity index (χ1n) is 8.96. The van der Waals surface area contributed by atoms with Crippen LogP contribution in [0.2, 0.25) is 0 Å². The number of hydrogen-bond donors (Lipinski definition) is 0. The van der Waals surface area contributed by atoms with Crippen LogP contribution < -0.4 is 5.56 Å². The zero-order chi connectivity index (χ0) is 16.8. The molecule has 1 aliphatic rings. The molecule has 2 heterocycles. The number of para-hydroxylation sites is 1. The van der Waals surface area contributed by atoms with E-state index in [-0.39, 0.29) is 5.56 Å². The van der Waals surface area contributed by atoms with Gasteiger partial charge in [-0.2, -0.15) is 0 Å². The molecule has 1 aliphatic heterocycles. The molecule has 1 aromatic carbocycles. The van der Waals surface area contributed by atoms with Gasteiger partial charge in [0.2, 0.25) is 0 Å². The van der Waals surface area contributed by atoms with Crippen molar-refractivity contribution in [3.8, 4) is 11.8 Å². The highest BCUT2D eigenvalue weighted by molar-refractivity contribution is 5.77. The van der Waals surface area contributed by atoms with Crippen molar-refractivity contribution < 1.29 is 0 Å². The quantitative estimate of drug-likeness (QED) is 0.794. The van der Waals surface area contributed by atoms with E-state index in [4.69, 9.17) is 4.98 Å². The number of benzene rings is 1. The van der Waals surface area contributed by atoms with E-state index >= 15 is 0 Å². The van der Waals surface area contributed by atoms with E-state index in [9.17, 15) is 4.79 Å². The third-order valence-corrected chi connectivity index (χ3v) is 4.56. The van der Waals surface area contributed by atoms with Gasteiger partial charge in [0.25, 0.3) is 5.56 Å². The minimum atomic E-state index is 0.0298. The number of rotatable bonds is 5. The molecule has 126 valence electrons. The van der Waals surface area contributed by atoms with E-state index in [0.717, 1.165) is 50.2 Å². The Hall–Kier alpha value is -2.12. The molecule has 1 aromatic heterocycles. The van der Waals surface area contributed by atoms with Crippen LogP contribution in [0.3, 0.4) is 0 Å². The average Bonchev–Trinajstić information content (AvgIpc) is 3.12. The predicted molar refractivity (Wildman–Crippen MR) is 98.1 cm³/mol. The topological polar surface area (TPSA) is 38.1 Å². The molecule has 24 heavy (non-hydrogen) atoms. The molecular formula is C20H25N3O. The summed E-state index contributed by atoms with van der Waals surface area (Å²) in [5.41, 5.74) is 0.817. The number of aryl methyl sites for hydroxylation is 1. The van der Waals surface area contributed by atoms with Crippen LogP contribution in [0.5, 0.6) is 0 Å². The molecule has 0 bridgehead atoms. The molecule has 0 saturated carbocycles. The van der Waals surface area contributed by atoms with Gasteiger partial charge >= 0.3 is 0 Å². The Balaban J connectivity index is 1.85. The lowest BCUT2D eigenvalue weighted by atomic mass is 10.2. The van der Waals surface area contributed by atoms with Crippen LogP contribution in [0.1, 0.15) is 38.4 Å². The number of likely N-dealkylation sites (tertiary alicyclic amines) is 1. The number of aromatic nitrogens is 2. The second-order valence-electron chi connectivity index (χ2n) is 6.38. The maximum atomic E-state index is 12.8. The molecule has 4 heteroatoms. The Morgan fingerprint density at radius 1 is 1.12 bits per heavy atom. The molecule has 1 saturated heterocycles. The monoisotopic (exact) mass is 323 g/mol. The van der Waals surface area contributed by atoms with Crippen LogP contribution in [0.25, 0.3) is 10.9 Å². The smallest absolute Gasteiger partial charge is 0.262 e. The maximum absolute atomic E-state index is 12.8. The Labute approximate surface area is 143 Å². The zero-order valence-electron chi connectivity index (χ0n) is 14.4. The van der Waals surface area contributed by atoms with Crippen molar-refractivity contribution in [1.29, 1.82) is 0 Å². The van der Waals surface area contributed by atoms with Crippen molar-refractivity contribution in [3.63, 3.8) is 0 Å². The minimum Gasteiger partial charge on any atom is -0.292 e. The third kappa shape index (κ3) is 3.85. The van der Waals surface area contributed by atoms with Crippen LogP contribution in [0.4, 0.5) is 0 Å². The fraction of sp³-hybridized carbons (Fsp3) is 0.500. The Kier molecular flexibility index (Phi) is 5.66. The molecule has 0 unspecified atom stereocenters. The van der Waals surface area contributed by atoms with E-state index in [2.05, 4.69) is 23.7 Å². The third-order valence-electron chi connectivity index (χ3n) is 4.56. The summed E-state index contributed by atoms with van der Waals surface area (Å²) in [6.07, 6.45) is 5.49. The van der Waals surface area contributed by atoms with E-state index < -0.39 is 0 Å². The van der Waals surface area contributed by atoms with Crippen molar-refractivity contribution in [2.24, 2.45) is 0 Å². The second kappa shape index (κ2) is 8.12. The van der Waals surface area contributed by atoms with Gasteiger partial charge in [0.1, 0.15) is 5.82 Å². The van der Waals surface area contributed by atoms with Crippen molar-refractivity contribution >= 4 is 10.9 Å². The van der Waals surface area contributed by atoms with E-state index in [1.807, 2.05) is 24.3 Å². The highest BCUT2D eigenvalue weighted by atomic mass is 16.1. The second-order valence-corrected chi connectivity index (χ2v) is 6.38. The normalized spacial score (nSPS) is 14.7. The van der Waals surface area contributed by atoms with E-state index in [1.54, 1.807) is 4.57 Å². The number of hydrogen-bond acceptors (Lipinski definition) is 3. The van der Waals surface area contributed by atoms with E-state index in [1.165, 1.54) is 12.8 Å². The summed E-state index contributed by atoms with van der Waals surface area (Å²) in [7, 11) is 0. The average molecular weight is 323 g/mol. The molecular weight excluding hydrogens is 298 g/mol. The van der Waals surface area contributed by atoms with Crippen LogP contribution >= 0.6 is 0 Å². The fourth-order valence-corrected chi connectivity index (χ4v) is 3.15. The summed E-state index contributed by atoms with van der Waals surface area (Å²) in [5.74, 6) is 7.26. The lowest BCUT2D eigenvalue weighted by Gasteiger charge is -2.11. The maximum Gasteiger partial charge on any atom is 0.262 e. The summed E-state index contributed by atoms with van der Waals surface area (Å²) >= 11 is 0. The van der Waals surface area contributed by atoms with Gasteiger partial charge in [-0.05, 0) is 44.5 Å². The summed E-state index contributed by atoms with van der Waals surface area (Å²) in [6, 6.07) is 7.58. The standard InChI is InChI=1S/C20H25N3O/c1-2-3-12-19-21-18-11-5-4-10-17(18)20(24)23(19)16-9-8-15-22-13-6-7-14-22/h4-5,10-11H,2-3,6-7,12-16H2,1H3. The van der Waals surface area contributed by atoms with Crippen LogP contribution in [-0.2, 0) is 13.0 Å². The Morgan fingerprint density at radius 3 is 2.67 bits per heavy atom. The van der Waals surface area contributed by atoms with Crippen LogP contribution in [0.15, 0.2) is 29.1 Å². The zero-order valence-corrected chi connectivity index (χ0v) is 14.4. The lowest BCUT2D eigenvalue weighted by Crippen LogP contribution is -2.25. The SMILES string of the molecule is CCCCc1nc2ccccc2c(=O)n1CC#CCN1CCCC1. The van der Waals surface area contributed by atoms with Gasteiger partial charge in [-0.25, -0.2) is 4.98 Å². The molecule has 0 N–H and O–H groups in total. The first-order chi connectivity index (χ1) is 11.8. The molecule has 0 radical (unpaired) electrons. The summed E-state index contributed by atoms with van der Waals surface area (Å²) in [4.78, 5) is 19.9. The fourth-order valence-electron chi connectivity index (χ4n) is 3.15. The van der Waals surface area contributed by atoms with Gasteiger partial charge in [0, 0.05) is 6.42 Å². The molecule has 4 nitrogen and oxygen atoms in total. The number of unbranched alkanes of at least 4 members (excludes halogenated alkanes) is 1. The molecule has 0 atom stereocenters. The van der Waals surface area contributed by atoms with Crippen molar-refractivity contribution in [2.75, 3.05) is 19.6 Å². The van der Waals surface area contributed by atoms with Crippen molar-refractivity contribution in [2.45, 2.75) is 45.6 Å². The molecule has 0 amide bonds. The molecule has 0 spiro atoms. The minimum absolute atomic E-state index is 0.0298. The summed E-state index contributed by atoms with van der Waals surface area (Å²) in [6.45, 7) is 5.69. The summed E-state index contributed by atoms with van der Waals surface area (Å²) < 4.78 is 1.76. The molecule has 1 fully saturated rings.